The Morgan fingerprint density at radius 1 is 1.35 bits per heavy atom. The van der Waals surface area contributed by atoms with Crippen LogP contribution in [0.2, 0.25) is 5.28 Å². The summed E-state index contributed by atoms with van der Waals surface area (Å²) in [6.45, 7) is 6.14. The van der Waals surface area contributed by atoms with Gasteiger partial charge in [-0.15, -0.1) is 0 Å². The zero-order chi connectivity index (χ0) is 12.4. The molecule has 0 aliphatic carbocycles. The fourth-order valence-corrected chi connectivity index (χ4v) is 2.53. The number of hydrogen-bond donors (Lipinski definition) is 1. The average molecular weight is 255 g/mol. The molecule has 0 radical (unpaired) electrons. The van der Waals surface area contributed by atoms with E-state index in [9.17, 15) is 0 Å². The van der Waals surface area contributed by atoms with E-state index < -0.39 is 0 Å². The lowest BCUT2D eigenvalue weighted by Crippen LogP contribution is -2.34. The van der Waals surface area contributed by atoms with Gasteiger partial charge in [0.1, 0.15) is 0 Å². The van der Waals surface area contributed by atoms with Crippen LogP contribution in [0, 0.1) is 12.8 Å². The number of hydrogen-bond acceptors (Lipinski definition) is 4. The highest BCUT2D eigenvalue weighted by atomic mass is 35.5. The van der Waals surface area contributed by atoms with E-state index in [1.165, 1.54) is 19.3 Å². The number of rotatable bonds is 2. The summed E-state index contributed by atoms with van der Waals surface area (Å²) in [4.78, 5) is 10.6. The molecule has 17 heavy (non-hydrogen) atoms. The topological polar surface area (TPSA) is 55.0 Å². The molecule has 0 atom stereocenters. The third-order valence-electron chi connectivity index (χ3n) is 3.58. The van der Waals surface area contributed by atoms with Crippen LogP contribution in [0.5, 0.6) is 0 Å². The lowest BCUT2D eigenvalue weighted by molar-refractivity contribution is 0.394. The maximum Gasteiger partial charge on any atom is 0.224 e. The fourth-order valence-electron chi connectivity index (χ4n) is 2.33. The minimum absolute atomic E-state index is 0.282. The Kier molecular flexibility index (Phi) is 3.72. The molecule has 1 aliphatic rings. The van der Waals surface area contributed by atoms with Crippen molar-refractivity contribution in [3.63, 3.8) is 0 Å². The summed E-state index contributed by atoms with van der Waals surface area (Å²) in [5.74, 6) is 1.64. The summed E-state index contributed by atoms with van der Waals surface area (Å²) in [6.07, 6.45) is 3.67. The lowest BCUT2D eigenvalue weighted by atomic mass is 9.94. The van der Waals surface area contributed by atoms with Crippen LogP contribution < -0.4 is 10.6 Å². The fraction of sp³-hybridized carbons (Fsp3) is 0.667. The third-order valence-corrected chi connectivity index (χ3v) is 3.75. The van der Waals surface area contributed by atoms with Gasteiger partial charge in [0.05, 0.1) is 11.4 Å². The van der Waals surface area contributed by atoms with Gasteiger partial charge >= 0.3 is 0 Å². The number of nitrogens with two attached hydrogens (primary N) is 1. The zero-order valence-corrected chi connectivity index (χ0v) is 11.2. The van der Waals surface area contributed by atoms with Gasteiger partial charge in [0.25, 0.3) is 0 Å². The first kappa shape index (κ1) is 12.4. The number of anilines is 2. The van der Waals surface area contributed by atoms with Crippen LogP contribution in [0.25, 0.3) is 0 Å². The van der Waals surface area contributed by atoms with Crippen molar-refractivity contribution in [1.29, 1.82) is 0 Å². The van der Waals surface area contributed by atoms with Gasteiger partial charge in [-0.2, -0.15) is 4.98 Å². The number of aromatic nitrogens is 2. The Morgan fingerprint density at radius 3 is 2.59 bits per heavy atom. The molecule has 1 aromatic rings. The van der Waals surface area contributed by atoms with Crippen molar-refractivity contribution < 1.29 is 0 Å². The molecule has 0 saturated carbocycles. The Hall–Kier alpha value is -1.03. The van der Waals surface area contributed by atoms with Crippen molar-refractivity contribution in [2.45, 2.75) is 33.1 Å². The van der Waals surface area contributed by atoms with E-state index in [1.807, 2.05) is 6.92 Å². The van der Waals surface area contributed by atoms with Crippen molar-refractivity contribution in [3.8, 4) is 0 Å². The largest absolute Gasteiger partial charge is 0.394 e. The SMILES string of the molecule is CCC1CCN(c2nc(Cl)nc(C)c2N)CC1. The maximum absolute atomic E-state index is 6.02. The van der Waals surface area contributed by atoms with Crippen molar-refractivity contribution >= 4 is 23.1 Å². The van der Waals surface area contributed by atoms with Crippen molar-refractivity contribution in [2.75, 3.05) is 23.7 Å². The van der Waals surface area contributed by atoms with Gasteiger partial charge in [-0.25, -0.2) is 4.98 Å². The Morgan fingerprint density at radius 2 is 2.00 bits per heavy atom. The summed E-state index contributed by atoms with van der Waals surface area (Å²) in [5, 5.41) is 0.282. The summed E-state index contributed by atoms with van der Waals surface area (Å²) in [6, 6.07) is 0. The van der Waals surface area contributed by atoms with E-state index in [2.05, 4.69) is 21.8 Å². The molecule has 0 amide bonds. The first-order chi connectivity index (χ1) is 8.11. The quantitative estimate of drug-likeness (QED) is 0.825. The molecule has 0 bridgehead atoms. The molecule has 2 rings (SSSR count). The summed E-state index contributed by atoms with van der Waals surface area (Å²) >= 11 is 5.89. The van der Waals surface area contributed by atoms with E-state index in [1.54, 1.807) is 0 Å². The van der Waals surface area contributed by atoms with Gasteiger partial charge in [-0.1, -0.05) is 13.3 Å². The molecule has 1 aliphatic heterocycles. The van der Waals surface area contributed by atoms with E-state index in [-0.39, 0.29) is 5.28 Å². The standard InChI is InChI=1S/C12H19ClN4/c1-3-9-4-6-17(7-5-9)11-10(14)8(2)15-12(13)16-11/h9H,3-7,14H2,1-2H3. The van der Waals surface area contributed by atoms with Crippen molar-refractivity contribution in [3.05, 3.63) is 11.0 Å². The molecule has 5 heteroatoms. The Labute approximate surface area is 107 Å². The molecule has 1 aromatic heterocycles. The number of piperidine rings is 1. The third kappa shape index (κ3) is 2.63. The molecule has 0 aromatic carbocycles. The summed E-state index contributed by atoms with van der Waals surface area (Å²) < 4.78 is 0. The minimum atomic E-state index is 0.282. The van der Waals surface area contributed by atoms with Crippen LogP contribution in [0.1, 0.15) is 31.9 Å². The van der Waals surface area contributed by atoms with Crippen LogP contribution in [0.15, 0.2) is 0 Å². The summed E-state index contributed by atoms with van der Waals surface area (Å²) in [5.41, 5.74) is 7.44. The molecule has 0 spiro atoms. The molecule has 94 valence electrons. The predicted octanol–water partition coefficient (Wildman–Crippen LogP) is 2.65. The van der Waals surface area contributed by atoms with Crippen LogP contribution in [0.4, 0.5) is 11.5 Å². The van der Waals surface area contributed by atoms with Crippen molar-refractivity contribution in [2.24, 2.45) is 5.92 Å². The molecule has 2 N–H and O–H groups in total. The Balaban J connectivity index is 2.18. The zero-order valence-electron chi connectivity index (χ0n) is 10.4. The second-order valence-corrected chi connectivity index (χ2v) is 4.99. The second kappa shape index (κ2) is 5.08. The van der Waals surface area contributed by atoms with E-state index in [4.69, 9.17) is 17.3 Å². The van der Waals surface area contributed by atoms with Crippen LogP contribution in [0.3, 0.4) is 0 Å². The van der Waals surface area contributed by atoms with Crippen LogP contribution in [-0.2, 0) is 0 Å². The number of halogens is 1. The summed E-state index contributed by atoms with van der Waals surface area (Å²) in [7, 11) is 0. The molecule has 1 fully saturated rings. The maximum atomic E-state index is 6.02. The lowest BCUT2D eigenvalue weighted by Gasteiger charge is -2.33. The van der Waals surface area contributed by atoms with E-state index >= 15 is 0 Å². The Bertz CT molecular complexity index is 400. The smallest absolute Gasteiger partial charge is 0.224 e. The number of nitrogen functional groups attached to an aromatic ring is 1. The van der Waals surface area contributed by atoms with Gasteiger partial charge in [-0.3, -0.25) is 0 Å². The predicted molar refractivity (Wildman–Crippen MR) is 71.4 cm³/mol. The second-order valence-electron chi connectivity index (χ2n) is 4.65. The molecule has 1 saturated heterocycles. The van der Waals surface area contributed by atoms with Gasteiger partial charge in [-0.05, 0) is 37.3 Å². The molecular weight excluding hydrogens is 236 g/mol. The molecule has 0 unspecified atom stereocenters. The highest BCUT2D eigenvalue weighted by Crippen LogP contribution is 2.29. The van der Waals surface area contributed by atoms with Crippen LogP contribution >= 0.6 is 11.6 Å². The normalized spacial score (nSPS) is 17.5. The molecule has 2 heterocycles. The van der Waals surface area contributed by atoms with Crippen molar-refractivity contribution in [1.82, 2.24) is 9.97 Å². The highest BCUT2D eigenvalue weighted by Gasteiger charge is 2.21. The van der Waals surface area contributed by atoms with Crippen LogP contribution in [-0.4, -0.2) is 23.1 Å². The highest BCUT2D eigenvalue weighted by molar-refractivity contribution is 6.28. The number of aryl methyl sites for hydroxylation is 1. The average Bonchev–Trinajstić information content (AvgIpc) is 2.34. The first-order valence-electron chi connectivity index (χ1n) is 6.16. The van der Waals surface area contributed by atoms with Gasteiger partial charge < -0.3 is 10.6 Å². The molecular formula is C12H19ClN4. The van der Waals surface area contributed by atoms with E-state index in [0.29, 0.717) is 5.69 Å². The minimum Gasteiger partial charge on any atom is -0.394 e. The van der Waals surface area contributed by atoms with E-state index in [0.717, 1.165) is 30.5 Å². The number of nitrogens with zero attached hydrogens (tertiary/aromatic N) is 3. The first-order valence-corrected chi connectivity index (χ1v) is 6.54. The van der Waals surface area contributed by atoms with Gasteiger partial charge in [0.15, 0.2) is 5.82 Å². The monoisotopic (exact) mass is 254 g/mol. The van der Waals surface area contributed by atoms with Gasteiger partial charge in [0.2, 0.25) is 5.28 Å². The molecule has 4 nitrogen and oxygen atoms in total. The van der Waals surface area contributed by atoms with Gasteiger partial charge in [0, 0.05) is 13.1 Å².